The smallest absolute Gasteiger partial charge is 0.226 e. The fourth-order valence-electron chi connectivity index (χ4n) is 7.16. The highest BCUT2D eigenvalue weighted by Crippen LogP contribution is 2.34. The predicted octanol–water partition coefficient (Wildman–Crippen LogP) is 5.37. The van der Waals surface area contributed by atoms with Gasteiger partial charge in [-0.1, -0.05) is 69.9 Å². The zero-order valence-corrected chi connectivity index (χ0v) is 30.2. The quantitative estimate of drug-likeness (QED) is 0.213. The van der Waals surface area contributed by atoms with E-state index in [9.17, 15) is 29.1 Å². The number of hydrogen-bond acceptors (Lipinski definition) is 7. The Morgan fingerprint density at radius 1 is 1.02 bits per heavy atom. The van der Waals surface area contributed by atoms with Crippen molar-refractivity contribution in [3.05, 3.63) is 35.9 Å². The van der Waals surface area contributed by atoms with Crippen molar-refractivity contribution in [2.45, 2.75) is 135 Å². The largest absolute Gasteiger partial charge is 0.385 e. The molecule has 0 spiro atoms. The lowest BCUT2D eigenvalue weighted by atomic mass is 9.80. The van der Waals surface area contributed by atoms with E-state index in [2.05, 4.69) is 14.6 Å². The van der Waals surface area contributed by atoms with Crippen molar-refractivity contribution in [1.29, 1.82) is 0 Å². The number of benzene rings is 1. The first-order chi connectivity index (χ1) is 22.2. The van der Waals surface area contributed by atoms with Crippen molar-refractivity contribution in [2.75, 3.05) is 12.7 Å². The molecule has 1 aliphatic heterocycles. The topological polar surface area (TPSA) is 130 Å². The van der Waals surface area contributed by atoms with Crippen LogP contribution in [0.4, 0.5) is 0 Å². The molecule has 1 saturated heterocycles. The number of likely N-dealkylation sites (tertiary alicyclic amines) is 1. The number of carbonyl (C=O) groups is 5. The second-order valence-electron chi connectivity index (χ2n) is 14.5. The van der Waals surface area contributed by atoms with E-state index in [1.165, 1.54) is 6.42 Å². The molecule has 1 saturated carbocycles. The van der Waals surface area contributed by atoms with Gasteiger partial charge in [0.15, 0.2) is 17.3 Å². The Bertz CT molecular complexity index is 1210. The van der Waals surface area contributed by atoms with Crippen LogP contribution in [0, 0.1) is 17.8 Å². The molecule has 47 heavy (non-hydrogen) atoms. The van der Waals surface area contributed by atoms with Crippen molar-refractivity contribution in [1.82, 2.24) is 10.2 Å². The molecular formula is C37H57N2O7P. The van der Waals surface area contributed by atoms with Crippen LogP contribution in [0.3, 0.4) is 0 Å². The van der Waals surface area contributed by atoms with E-state index < -0.39 is 41.4 Å². The van der Waals surface area contributed by atoms with Crippen LogP contribution in [0.15, 0.2) is 30.3 Å². The summed E-state index contributed by atoms with van der Waals surface area (Å²) in [5.41, 5.74) is 0.222. The molecule has 0 bridgehead atoms. The van der Waals surface area contributed by atoms with Crippen LogP contribution in [0.1, 0.15) is 117 Å². The van der Waals surface area contributed by atoms with Crippen LogP contribution in [-0.4, -0.2) is 75.7 Å². The third-order valence-corrected chi connectivity index (χ3v) is 10.0. The van der Waals surface area contributed by atoms with Gasteiger partial charge in [-0.3, -0.25) is 24.0 Å². The summed E-state index contributed by atoms with van der Waals surface area (Å²) in [5, 5.41) is 13.9. The molecule has 9 nitrogen and oxygen atoms in total. The van der Waals surface area contributed by atoms with Crippen LogP contribution < -0.4 is 5.32 Å². The van der Waals surface area contributed by atoms with Crippen LogP contribution >= 0.6 is 9.24 Å². The number of carbonyl (C=O) groups excluding carboxylic acids is 5. The second kappa shape index (κ2) is 18.3. The Hall–Kier alpha value is -2.48. The first-order valence-corrected chi connectivity index (χ1v) is 18.4. The van der Waals surface area contributed by atoms with E-state index in [4.69, 9.17) is 4.74 Å². The minimum Gasteiger partial charge on any atom is -0.385 e. The summed E-state index contributed by atoms with van der Waals surface area (Å²) in [4.78, 5) is 68.0. The molecule has 0 aromatic heterocycles. The predicted molar refractivity (Wildman–Crippen MR) is 186 cm³/mol. The number of amides is 2. The second-order valence-corrected chi connectivity index (χ2v) is 14.9. The van der Waals surface area contributed by atoms with E-state index in [1.54, 1.807) is 29.2 Å². The van der Waals surface area contributed by atoms with Crippen LogP contribution in [-0.2, 0) is 28.7 Å². The van der Waals surface area contributed by atoms with E-state index >= 15 is 0 Å². The fourth-order valence-corrected chi connectivity index (χ4v) is 7.40. The van der Waals surface area contributed by atoms with Gasteiger partial charge in [-0.2, -0.15) is 0 Å². The highest BCUT2D eigenvalue weighted by Gasteiger charge is 2.44. The standard InChI is InChI=1S/C37H57N2O7P/c1-6-13-27(35(44)30(40)18-19-33(43)38-34(32(42)23-47)26-16-11-8-12-17-26)20-31(41)29-21-28(46-37(3,4)5)22-39(29)36(45)24(2)25-14-9-7-10-15-25/h8,11-12,16-17,24-25,27-29,34-35,44H,6-7,9-10,13-15,18-23,47H2,1-5H3,(H,38,43)/t24-,27?,28+,29-,34-,35?/m0/s1. The molecule has 1 heterocycles. The van der Waals surface area contributed by atoms with Crippen LogP contribution in [0.5, 0.6) is 0 Å². The number of Topliss-reactive ketones (excluding diaryl/α,β-unsaturated/α-hetero) is 3. The molecule has 1 aromatic rings. The average Bonchev–Trinajstić information content (AvgIpc) is 3.47. The minimum atomic E-state index is -1.42. The van der Waals surface area contributed by atoms with E-state index in [-0.39, 0.29) is 54.9 Å². The van der Waals surface area contributed by atoms with Crippen molar-refractivity contribution in [2.24, 2.45) is 17.8 Å². The van der Waals surface area contributed by atoms with Crippen molar-refractivity contribution in [3.8, 4) is 0 Å². The van der Waals surface area contributed by atoms with Gasteiger partial charge >= 0.3 is 0 Å². The summed E-state index contributed by atoms with van der Waals surface area (Å²) in [6, 6.07) is 7.43. The molecule has 2 amide bonds. The summed E-state index contributed by atoms with van der Waals surface area (Å²) < 4.78 is 6.24. The molecule has 0 radical (unpaired) electrons. The third-order valence-electron chi connectivity index (χ3n) is 9.64. The monoisotopic (exact) mass is 672 g/mol. The van der Waals surface area contributed by atoms with Gasteiger partial charge < -0.3 is 20.1 Å². The highest BCUT2D eigenvalue weighted by molar-refractivity contribution is 7.18. The number of hydrogen-bond donors (Lipinski definition) is 2. The summed E-state index contributed by atoms with van der Waals surface area (Å²) in [6.45, 7) is 10.1. The van der Waals surface area contributed by atoms with Gasteiger partial charge in [0, 0.05) is 44.3 Å². The maximum Gasteiger partial charge on any atom is 0.226 e. The number of aliphatic hydroxyl groups excluding tert-OH is 1. The van der Waals surface area contributed by atoms with Gasteiger partial charge in [-0.05, 0) is 57.4 Å². The molecule has 10 heteroatoms. The Morgan fingerprint density at radius 3 is 2.28 bits per heavy atom. The SMILES string of the molecule is CCCC(CC(=O)[C@@H]1C[C@@H](OC(C)(C)C)CN1C(=O)[C@@H](C)C1CCCCC1)C(O)C(=O)CCC(=O)N[C@H](C(=O)CP)c1ccccc1. The zero-order valence-electron chi connectivity index (χ0n) is 29.0. The molecule has 2 N–H and O–H groups in total. The maximum atomic E-state index is 13.9. The number of nitrogens with one attached hydrogen (secondary N) is 1. The van der Waals surface area contributed by atoms with Crippen molar-refractivity contribution >= 4 is 38.4 Å². The lowest BCUT2D eigenvalue weighted by molar-refractivity contribution is -0.143. The minimum absolute atomic E-state index is 0.0149. The van der Waals surface area contributed by atoms with Gasteiger partial charge in [0.05, 0.1) is 17.7 Å². The maximum absolute atomic E-state index is 13.9. The lowest BCUT2D eigenvalue weighted by Gasteiger charge is -2.33. The summed E-state index contributed by atoms with van der Waals surface area (Å²) in [5.74, 6) is -1.85. The van der Waals surface area contributed by atoms with E-state index in [1.807, 2.05) is 40.7 Å². The Morgan fingerprint density at radius 2 is 1.68 bits per heavy atom. The summed E-state index contributed by atoms with van der Waals surface area (Å²) in [7, 11) is 2.37. The van der Waals surface area contributed by atoms with Gasteiger partial charge in [-0.25, -0.2) is 0 Å². The molecule has 3 unspecified atom stereocenters. The molecule has 262 valence electrons. The van der Waals surface area contributed by atoms with E-state index in [0.717, 1.165) is 25.7 Å². The normalized spacial score (nSPS) is 21.5. The Balaban J connectivity index is 1.66. The average molecular weight is 673 g/mol. The zero-order chi connectivity index (χ0) is 34.7. The molecule has 2 aliphatic rings. The van der Waals surface area contributed by atoms with Crippen molar-refractivity contribution < 1.29 is 33.8 Å². The molecule has 1 aliphatic carbocycles. The number of rotatable bonds is 17. The molecule has 7 atom stereocenters. The molecule has 3 rings (SSSR count). The van der Waals surface area contributed by atoms with Gasteiger partial charge in [-0.15, -0.1) is 9.24 Å². The number of ketones is 3. The van der Waals surface area contributed by atoms with Crippen molar-refractivity contribution in [3.63, 3.8) is 0 Å². The molecular weight excluding hydrogens is 615 g/mol. The number of aliphatic hydroxyl groups is 1. The third kappa shape index (κ3) is 11.6. The van der Waals surface area contributed by atoms with E-state index in [0.29, 0.717) is 37.3 Å². The van der Waals surface area contributed by atoms with Crippen LogP contribution in [0.2, 0.25) is 0 Å². The summed E-state index contributed by atoms with van der Waals surface area (Å²) >= 11 is 0. The first kappa shape index (κ1) is 39.0. The van der Waals surface area contributed by atoms with Gasteiger partial charge in [0.2, 0.25) is 11.8 Å². The molecule has 1 aromatic carbocycles. The van der Waals surface area contributed by atoms with Gasteiger partial charge in [0.1, 0.15) is 12.1 Å². The number of ether oxygens (including phenoxy) is 1. The first-order valence-electron chi connectivity index (χ1n) is 17.5. The fraction of sp³-hybridized carbons (Fsp3) is 0.703. The highest BCUT2D eigenvalue weighted by atomic mass is 31.0. The van der Waals surface area contributed by atoms with Gasteiger partial charge in [0.25, 0.3) is 0 Å². The Labute approximate surface area is 283 Å². The number of nitrogens with zero attached hydrogens (tertiary/aromatic N) is 1. The molecule has 2 fully saturated rings. The summed E-state index contributed by atoms with van der Waals surface area (Å²) in [6.07, 6.45) is 4.99. The van der Waals surface area contributed by atoms with Crippen LogP contribution in [0.25, 0.3) is 0 Å². The lowest BCUT2D eigenvalue weighted by Crippen LogP contribution is -2.46. The Kier molecular flexibility index (Phi) is 15.2.